The van der Waals surface area contributed by atoms with E-state index in [0.717, 1.165) is 12.1 Å². The van der Waals surface area contributed by atoms with E-state index in [1.165, 1.54) is 14.0 Å². The van der Waals surface area contributed by atoms with E-state index in [0.29, 0.717) is 23.5 Å². The Morgan fingerprint density at radius 1 is 1.12 bits per heavy atom. The van der Waals surface area contributed by atoms with Crippen molar-refractivity contribution < 1.29 is 40.6 Å². The number of aliphatic imine (C=N–C) groups is 1. The number of nitrogens with two attached hydrogens (primary N) is 1. The molecule has 0 bridgehead atoms. The number of hydrogen-bond acceptors (Lipinski definition) is 6. The Hall–Kier alpha value is -3.57. The summed E-state index contributed by atoms with van der Waals surface area (Å²) in [5.41, 5.74) is 1.68. The van der Waals surface area contributed by atoms with Crippen molar-refractivity contribution >= 4 is 11.7 Å². The van der Waals surface area contributed by atoms with Gasteiger partial charge in [0.1, 0.15) is 23.1 Å². The Bertz CT molecular complexity index is 1050. The lowest BCUT2D eigenvalue weighted by Gasteiger charge is -2.18. The van der Waals surface area contributed by atoms with Gasteiger partial charge in [-0.3, -0.25) is 9.79 Å². The molecular weight excluding hydrogens is 468 g/mol. The maximum absolute atomic E-state index is 13.2. The van der Waals surface area contributed by atoms with Crippen LogP contribution in [0.1, 0.15) is 29.8 Å². The van der Waals surface area contributed by atoms with Gasteiger partial charge >= 0.3 is 18.3 Å². The van der Waals surface area contributed by atoms with Crippen LogP contribution in [0.2, 0.25) is 0 Å². The summed E-state index contributed by atoms with van der Waals surface area (Å²) in [4.78, 5) is 20.2. The Kier molecular flexibility index (Phi) is 8.66. The SMILES string of the molecule is CCOC(=O)C(C(/C=C(\N)C(F)(F)F)=NCc1ccc(OC)cc1)c1cccc(C(F)(F)F)n1. The van der Waals surface area contributed by atoms with Crippen molar-refractivity contribution in [3.05, 3.63) is 71.2 Å². The van der Waals surface area contributed by atoms with E-state index < -0.39 is 47.0 Å². The van der Waals surface area contributed by atoms with Crippen LogP contribution in [0, 0.1) is 0 Å². The monoisotopic (exact) mass is 489 g/mol. The van der Waals surface area contributed by atoms with Gasteiger partial charge < -0.3 is 15.2 Å². The fraction of sp³-hybridized carbons (Fsp3) is 0.318. The molecule has 0 fully saturated rings. The number of halogens is 6. The standard InChI is InChI=1S/C22H21F6N3O3/c1-3-34-20(32)19(15-5-4-6-18(31-15)22(26,27)28)16(11-17(29)21(23,24)25)30-12-13-7-9-14(33-2)10-8-13/h4-11,19H,3,12,29H2,1-2H3/b17-11-,30-16?. The van der Waals surface area contributed by atoms with Crippen molar-refractivity contribution in [1.29, 1.82) is 0 Å². The van der Waals surface area contributed by atoms with E-state index in [1.54, 1.807) is 24.3 Å². The quantitative estimate of drug-likeness (QED) is 0.327. The molecule has 0 radical (unpaired) electrons. The molecule has 0 aliphatic rings. The molecule has 0 saturated heterocycles. The van der Waals surface area contributed by atoms with Gasteiger partial charge in [-0.2, -0.15) is 26.3 Å². The molecular formula is C22H21F6N3O3. The molecule has 0 saturated carbocycles. The fourth-order valence-corrected chi connectivity index (χ4v) is 2.76. The van der Waals surface area contributed by atoms with Gasteiger partial charge in [0.2, 0.25) is 0 Å². The molecule has 12 heteroatoms. The number of esters is 1. The summed E-state index contributed by atoms with van der Waals surface area (Å²) in [6, 6.07) is 9.05. The van der Waals surface area contributed by atoms with Crippen molar-refractivity contribution in [2.45, 2.75) is 31.7 Å². The van der Waals surface area contributed by atoms with Gasteiger partial charge in [-0.25, -0.2) is 4.98 Å². The molecule has 184 valence electrons. The number of rotatable bonds is 8. The topological polar surface area (TPSA) is 86.8 Å². The van der Waals surface area contributed by atoms with Gasteiger partial charge in [0, 0.05) is 0 Å². The number of carbonyl (C=O) groups is 1. The number of benzene rings is 1. The highest BCUT2D eigenvalue weighted by atomic mass is 19.4. The highest BCUT2D eigenvalue weighted by Gasteiger charge is 2.37. The van der Waals surface area contributed by atoms with E-state index in [4.69, 9.17) is 15.2 Å². The molecule has 2 N–H and O–H groups in total. The number of allylic oxidation sites excluding steroid dienone is 2. The Balaban J connectivity index is 2.63. The van der Waals surface area contributed by atoms with Crippen LogP contribution in [-0.2, 0) is 22.3 Å². The molecule has 2 rings (SSSR count). The van der Waals surface area contributed by atoms with E-state index in [1.807, 2.05) is 0 Å². The number of methoxy groups -OCH3 is 1. The first kappa shape index (κ1) is 26.7. The third-order valence-corrected chi connectivity index (χ3v) is 4.41. The largest absolute Gasteiger partial charge is 0.497 e. The van der Waals surface area contributed by atoms with Gasteiger partial charge in [0.25, 0.3) is 0 Å². The minimum absolute atomic E-state index is 0.182. The van der Waals surface area contributed by atoms with Gasteiger partial charge in [-0.05, 0) is 42.8 Å². The average Bonchev–Trinajstić information content (AvgIpc) is 2.77. The zero-order valence-electron chi connectivity index (χ0n) is 18.1. The Morgan fingerprint density at radius 2 is 1.76 bits per heavy atom. The first-order chi connectivity index (χ1) is 15.9. The zero-order valence-corrected chi connectivity index (χ0v) is 18.1. The molecule has 2 aromatic rings. The van der Waals surface area contributed by atoms with Crippen molar-refractivity contribution in [1.82, 2.24) is 4.98 Å². The summed E-state index contributed by atoms with van der Waals surface area (Å²) in [7, 11) is 1.45. The summed E-state index contributed by atoms with van der Waals surface area (Å²) < 4.78 is 88.9. The Labute approximate surface area is 191 Å². The summed E-state index contributed by atoms with van der Waals surface area (Å²) >= 11 is 0. The van der Waals surface area contributed by atoms with Crippen molar-refractivity contribution in [3.63, 3.8) is 0 Å². The summed E-state index contributed by atoms with van der Waals surface area (Å²) in [6.45, 7) is 1.04. The van der Waals surface area contributed by atoms with Crippen LogP contribution in [0.4, 0.5) is 26.3 Å². The molecule has 0 spiro atoms. The molecule has 6 nitrogen and oxygen atoms in total. The maximum atomic E-state index is 13.2. The second-order valence-corrected chi connectivity index (χ2v) is 6.82. The predicted molar refractivity (Wildman–Crippen MR) is 111 cm³/mol. The number of hydrogen-bond donors (Lipinski definition) is 1. The lowest BCUT2D eigenvalue weighted by molar-refractivity contribution is -0.144. The molecule has 0 amide bonds. The predicted octanol–water partition coefficient (Wildman–Crippen LogP) is 4.80. The van der Waals surface area contributed by atoms with Gasteiger partial charge in [-0.15, -0.1) is 0 Å². The van der Waals surface area contributed by atoms with Crippen LogP contribution in [0.5, 0.6) is 5.75 Å². The van der Waals surface area contributed by atoms with E-state index in [2.05, 4.69) is 9.98 Å². The molecule has 1 atom stereocenters. The number of aromatic nitrogens is 1. The number of nitrogens with zero attached hydrogens (tertiary/aromatic N) is 2. The van der Waals surface area contributed by atoms with Gasteiger partial charge in [0.15, 0.2) is 0 Å². The number of pyridine rings is 1. The second-order valence-electron chi connectivity index (χ2n) is 6.82. The van der Waals surface area contributed by atoms with Crippen LogP contribution in [-0.4, -0.2) is 36.6 Å². The summed E-state index contributed by atoms with van der Waals surface area (Å²) in [5.74, 6) is -2.40. The second kappa shape index (κ2) is 11.0. The van der Waals surface area contributed by atoms with Crippen LogP contribution in [0.15, 0.2) is 59.2 Å². The van der Waals surface area contributed by atoms with Crippen LogP contribution in [0.25, 0.3) is 0 Å². The highest BCUT2D eigenvalue weighted by molar-refractivity contribution is 6.12. The molecule has 1 unspecified atom stereocenters. The number of carbonyl (C=O) groups excluding carboxylic acids is 1. The van der Waals surface area contributed by atoms with E-state index >= 15 is 0 Å². The number of ether oxygens (including phenoxy) is 2. The first-order valence-electron chi connectivity index (χ1n) is 9.79. The van der Waals surface area contributed by atoms with Crippen molar-refractivity contribution in [2.24, 2.45) is 10.7 Å². The fourth-order valence-electron chi connectivity index (χ4n) is 2.76. The molecule has 1 aromatic carbocycles. The third kappa shape index (κ3) is 7.22. The molecule has 1 aromatic heterocycles. The van der Waals surface area contributed by atoms with E-state index in [-0.39, 0.29) is 13.2 Å². The van der Waals surface area contributed by atoms with Crippen molar-refractivity contribution in [2.75, 3.05) is 13.7 Å². The molecule has 34 heavy (non-hydrogen) atoms. The normalized spacial score (nSPS) is 14.0. The minimum atomic E-state index is -4.97. The number of alkyl halides is 6. The van der Waals surface area contributed by atoms with Crippen molar-refractivity contribution in [3.8, 4) is 5.75 Å². The lowest BCUT2D eigenvalue weighted by atomic mass is 9.96. The van der Waals surface area contributed by atoms with Gasteiger partial charge in [-0.1, -0.05) is 18.2 Å². The van der Waals surface area contributed by atoms with E-state index in [9.17, 15) is 31.1 Å². The summed E-state index contributed by atoms with van der Waals surface area (Å²) in [5, 5.41) is 0. The molecule has 0 aliphatic carbocycles. The van der Waals surface area contributed by atoms with Crippen LogP contribution < -0.4 is 10.5 Å². The summed E-state index contributed by atoms with van der Waals surface area (Å²) in [6.07, 6.45) is -9.43. The zero-order chi connectivity index (χ0) is 25.5. The lowest BCUT2D eigenvalue weighted by Crippen LogP contribution is -2.28. The van der Waals surface area contributed by atoms with Gasteiger partial charge in [0.05, 0.1) is 31.7 Å². The smallest absolute Gasteiger partial charge is 0.433 e. The first-order valence-corrected chi connectivity index (χ1v) is 9.79. The average molecular weight is 489 g/mol. The molecule has 0 aliphatic heterocycles. The van der Waals surface area contributed by atoms with Crippen LogP contribution >= 0.6 is 0 Å². The Morgan fingerprint density at radius 3 is 2.29 bits per heavy atom. The maximum Gasteiger partial charge on any atom is 0.433 e. The van der Waals surface area contributed by atoms with Crippen LogP contribution in [0.3, 0.4) is 0 Å². The third-order valence-electron chi connectivity index (χ3n) is 4.41. The highest BCUT2D eigenvalue weighted by Crippen LogP contribution is 2.30. The molecule has 1 heterocycles. The minimum Gasteiger partial charge on any atom is -0.497 e.